The van der Waals surface area contributed by atoms with Crippen molar-refractivity contribution in [3.8, 4) is 11.3 Å². The summed E-state index contributed by atoms with van der Waals surface area (Å²) in [5.41, 5.74) is 1.33. The molecule has 1 amide bonds. The van der Waals surface area contributed by atoms with Gasteiger partial charge in [0.2, 0.25) is 0 Å². The lowest BCUT2D eigenvalue weighted by atomic mass is 9.84. The van der Waals surface area contributed by atoms with E-state index in [0.29, 0.717) is 23.0 Å². The first-order valence-electron chi connectivity index (χ1n) is 8.50. The zero-order chi connectivity index (χ0) is 16.7. The zero-order valence-electron chi connectivity index (χ0n) is 13.7. The zero-order valence-corrected chi connectivity index (χ0v) is 13.7. The highest BCUT2D eigenvalue weighted by atomic mass is 19.1. The minimum absolute atomic E-state index is 0.168. The summed E-state index contributed by atoms with van der Waals surface area (Å²) < 4.78 is 19.1. The molecule has 3 aliphatic rings. The van der Waals surface area contributed by atoms with Crippen molar-refractivity contribution >= 4 is 5.91 Å². The Balaban J connectivity index is 1.48. The van der Waals surface area contributed by atoms with Gasteiger partial charge in [0, 0.05) is 18.2 Å². The number of benzene rings is 1. The van der Waals surface area contributed by atoms with Gasteiger partial charge in [-0.1, -0.05) is 0 Å². The molecule has 0 saturated carbocycles. The van der Waals surface area contributed by atoms with Gasteiger partial charge in [-0.05, 0) is 74.7 Å². The molecule has 0 spiro atoms. The van der Waals surface area contributed by atoms with Crippen molar-refractivity contribution in [2.75, 3.05) is 19.6 Å². The van der Waals surface area contributed by atoms with E-state index in [1.54, 1.807) is 31.2 Å². The van der Waals surface area contributed by atoms with Gasteiger partial charge in [0.15, 0.2) is 5.76 Å². The van der Waals surface area contributed by atoms with Crippen molar-refractivity contribution in [2.24, 2.45) is 5.92 Å². The number of carbonyl (C=O) groups is 1. The monoisotopic (exact) mass is 328 g/mol. The predicted octanol–water partition coefficient (Wildman–Crippen LogP) is 3.22. The van der Waals surface area contributed by atoms with E-state index in [9.17, 15) is 9.18 Å². The van der Waals surface area contributed by atoms with Gasteiger partial charge < -0.3 is 14.6 Å². The highest BCUT2D eigenvalue weighted by Crippen LogP contribution is 2.28. The molecule has 3 aliphatic heterocycles. The smallest absolute Gasteiger partial charge is 0.287 e. The van der Waals surface area contributed by atoms with Crippen molar-refractivity contribution < 1.29 is 13.6 Å². The minimum Gasteiger partial charge on any atom is -0.451 e. The molecule has 3 fully saturated rings. The second-order valence-corrected chi connectivity index (χ2v) is 6.85. The van der Waals surface area contributed by atoms with E-state index >= 15 is 0 Å². The van der Waals surface area contributed by atoms with E-state index in [2.05, 4.69) is 10.2 Å². The number of amides is 1. The molecule has 24 heavy (non-hydrogen) atoms. The Labute approximate surface area is 140 Å². The molecule has 0 unspecified atom stereocenters. The van der Waals surface area contributed by atoms with Gasteiger partial charge in [-0.15, -0.1) is 0 Å². The Hall–Kier alpha value is -2.14. The molecule has 126 valence electrons. The predicted molar refractivity (Wildman–Crippen MR) is 89.3 cm³/mol. The third-order valence-electron chi connectivity index (χ3n) is 5.24. The van der Waals surface area contributed by atoms with Crippen LogP contribution < -0.4 is 5.32 Å². The number of fused-ring (bicyclic) bond motifs is 3. The van der Waals surface area contributed by atoms with Gasteiger partial charge in [-0.2, -0.15) is 0 Å². The van der Waals surface area contributed by atoms with E-state index < -0.39 is 0 Å². The fourth-order valence-electron chi connectivity index (χ4n) is 3.78. The number of hydrogen-bond acceptors (Lipinski definition) is 3. The Morgan fingerprint density at radius 3 is 2.71 bits per heavy atom. The van der Waals surface area contributed by atoms with Crippen LogP contribution >= 0.6 is 0 Å². The summed E-state index contributed by atoms with van der Waals surface area (Å²) in [7, 11) is 0. The molecule has 1 aromatic carbocycles. The third-order valence-corrected chi connectivity index (χ3v) is 5.24. The summed E-state index contributed by atoms with van der Waals surface area (Å²) in [6.07, 6.45) is 2.31. The first-order chi connectivity index (χ1) is 11.6. The molecule has 1 aromatic heterocycles. The summed E-state index contributed by atoms with van der Waals surface area (Å²) in [4.78, 5) is 14.9. The Morgan fingerprint density at radius 1 is 1.25 bits per heavy atom. The number of hydrogen-bond donors (Lipinski definition) is 1. The highest BCUT2D eigenvalue weighted by molar-refractivity contribution is 5.92. The van der Waals surface area contributed by atoms with E-state index in [1.807, 2.05) is 0 Å². The standard InChI is InChI=1S/C19H21FN2O2/c1-12-10-14(2-3-15(12)20)17-4-5-18(24-17)19(23)21-16-11-22-8-6-13(16)7-9-22/h2-5,10,13,16H,6-9,11H2,1H3,(H,21,23)/t16-/m0/s1. The summed E-state index contributed by atoms with van der Waals surface area (Å²) in [5, 5.41) is 3.12. The van der Waals surface area contributed by atoms with Crippen LogP contribution in [-0.2, 0) is 0 Å². The Morgan fingerprint density at radius 2 is 2.04 bits per heavy atom. The number of nitrogens with zero attached hydrogens (tertiary/aromatic N) is 1. The van der Waals surface area contributed by atoms with Gasteiger partial charge in [0.05, 0.1) is 0 Å². The lowest BCUT2D eigenvalue weighted by Gasteiger charge is -2.44. The number of rotatable bonds is 3. The normalized spacial score (nSPS) is 25.7. The topological polar surface area (TPSA) is 45.5 Å². The number of piperidine rings is 3. The number of aryl methyl sites for hydroxylation is 1. The van der Waals surface area contributed by atoms with Crippen molar-refractivity contribution in [1.82, 2.24) is 10.2 Å². The number of carbonyl (C=O) groups excluding carboxylic acids is 1. The maximum atomic E-state index is 13.4. The molecule has 4 nitrogen and oxygen atoms in total. The SMILES string of the molecule is Cc1cc(-c2ccc(C(=O)N[C@H]3CN4CCC3CC4)o2)ccc1F. The fraction of sp³-hybridized carbons (Fsp3) is 0.421. The molecular weight excluding hydrogens is 307 g/mol. The van der Waals surface area contributed by atoms with Gasteiger partial charge in [-0.25, -0.2) is 4.39 Å². The van der Waals surface area contributed by atoms with Crippen LogP contribution in [0.5, 0.6) is 0 Å². The summed E-state index contributed by atoms with van der Waals surface area (Å²) in [5.74, 6) is 1.05. The first-order valence-corrected chi connectivity index (χ1v) is 8.50. The van der Waals surface area contributed by atoms with E-state index in [0.717, 1.165) is 38.0 Å². The van der Waals surface area contributed by atoms with Crippen LogP contribution in [0.4, 0.5) is 4.39 Å². The molecule has 1 N–H and O–H groups in total. The number of nitrogens with one attached hydrogen (secondary N) is 1. The van der Waals surface area contributed by atoms with Crippen LogP contribution in [0.1, 0.15) is 29.0 Å². The van der Waals surface area contributed by atoms with Crippen molar-refractivity contribution in [1.29, 1.82) is 0 Å². The lowest BCUT2D eigenvalue weighted by Crippen LogP contribution is -2.57. The van der Waals surface area contributed by atoms with E-state index in [4.69, 9.17) is 4.42 Å². The van der Waals surface area contributed by atoms with Crippen LogP contribution in [0.3, 0.4) is 0 Å². The second-order valence-electron chi connectivity index (χ2n) is 6.85. The maximum Gasteiger partial charge on any atom is 0.287 e. The molecular formula is C19H21FN2O2. The molecule has 5 rings (SSSR count). The number of halogens is 1. The average molecular weight is 328 g/mol. The largest absolute Gasteiger partial charge is 0.451 e. The van der Waals surface area contributed by atoms with Gasteiger partial charge in [0.25, 0.3) is 5.91 Å². The molecule has 0 radical (unpaired) electrons. The molecule has 1 atom stereocenters. The van der Waals surface area contributed by atoms with Crippen molar-refractivity contribution in [3.05, 3.63) is 47.5 Å². The van der Waals surface area contributed by atoms with Crippen LogP contribution in [-0.4, -0.2) is 36.5 Å². The van der Waals surface area contributed by atoms with Crippen LogP contribution in [0.2, 0.25) is 0 Å². The first kappa shape index (κ1) is 15.4. The van der Waals surface area contributed by atoms with Crippen LogP contribution in [0.15, 0.2) is 34.7 Å². The molecule has 2 aromatic rings. The molecule has 3 saturated heterocycles. The Bertz CT molecular complexity index is 762. The van der Waals surface area contributed by atoms with Crippen molar-refractivity contribution in [2.45, 2.75) is 25.8 Å². The molecule has 2 bridgehead atoms. The van der Waals surface area contributed by atoms with Gasteiger partial charge in [0.1, 0.15) is 11.6 Å². The fourth-order valence-corrected chi connectivity index (χ4v) is 3.78. The number of furan rings is 1. The summed E-state index contributed by atoms with van der Waals surface area (Å²) >= 11 is 0. The maximum absolute atomic E-state index is 13.4. The quantitative estimate of drug-likeness (QED) is 0.941. The van der Waals surface area contributed by atoms with E-state index in [-0.39, 0.29) is 17.8 Å². The highest BCUT2D eigenvalue weighted by Gasteiger charge is 2.35. The minimum atomic E-state index is -0.245. The second kappa shape index (κ2) is 6.06. The van der Waals surface area contributed by atoms with Gasteiger partial charge >= 0.3 is 0 Å². The third kappa shape index (κ3) is 2.84. The van der Waals surface area contributed by atoms with Gasteiger partial charge in [-0.3, -0.25) is 4.79 Å². The van der Waals surface area contributed by atoms with Crippen molar-refractivity contribution in [3.63, 3.8) is 0 Å². The molecule has 4 heterocycles. The van der Waals surface area contributed by atoms with Crippen LogP contribution in [0.25, 0.3) is 11.3 Å². The lowest BCUT2D eigenvalue weighted by molar-refractivity contribution is 0.0606. The summed E-state index contributed by atoms with van der Waals surface area (Å²) in [6.45, 7) is 4.93. The molecule has 5 heteroatoms. The van der Waals surface area contributed by atoms with E-state index in [1.165, 1.54) is 6.07 Å². The van der Waals surface area contributed by atoms with Crippen LogP contribution in [0, 0.1) is 18.7 Å². The summed E-state index contributed by atoms with van der Waals surface area (Å²) in [6, 6.07) is 8.46. The average Bonchev–Trinajstić information content (AvgIpc) is 3.09. The Kier molecular flexibility index (Phi) is 3.88. The molecule has 0 aliphatic carbocycles.